The first-order valence-electron chi connectivity index (χ1n) is 4.84. The summed E-state index contributed by atoms with van der Waals surface area (Å²) in [4.78, 5) is 15.9. The average Bonchev–Trinajstić information content (AvgIpc) is 2.57. The second kappa shape index (κ2) is 4.13. The summed E-state index contributed by atoms with van der Waals surface area (Å²) in [5, 5.41) is 2.94. The van der Waals surface area contributed by atoms with Crippen LogP contribution in [0.2, 0.25) is 0 Å². The van der Waals surface area contributed by atoms with Gasteiger partial charge in [0.05, 0.1) is 5.69 Å². The molecule has 2 heterocycles. The Labute approximate surface area is 100 Å². The monoisotopic (exact) mass is 282 g/mol. The van der Waals surface area contributed by atoms with Gasteiger partial charge in [-0.15, -0.1) is 0 Å². The lowest BCUT2D eigenvalue weighted by atomic mass is 10.3. The second-order valence-corrected chi connectivity index (χ2v) is 4.25. The van der Waals surface area contributed by atoms with Gasteiger partial charge in [-0.3, -0.25) is 9.89 Å². The molecule has 0 aromatic carbocycles. The fourth-order valence-corrected chi connectivity index (χ4v) is 1.66. The number of rotatable bonds is 2. The number of nitrogen functional groups attached to an aromatic ring is 1. The molecule has 0 saturated heterocycles. The minimum absolute atomic E-state index is 0.257. The van der Waals surface area contributed by atoms with Crippen LogP contribution in [0.3, 0.4) is 0 Å². The number of anilines is 1. The van der Waals surface area contributed by atoms with Crippen molar-refractivity contribution in [3.05, 3.63) is 38.9 Å². The molecule has 0 spiro atoms. The second-order valence-electron chi connectivity index (χ2n) is 3.33. The van der Waals surface area contributed by atoms with Gasteiger partial charge in [0, 0.05) is 10.7 Å². The van der Waals surface area contributed by atoms with E-state index in [0.717, 1.165) is 10.2 Å². The smallest absolute Gasteiger partial charge is 0.296 e. The minimum atomic E-state index is -0.258. The highest BCUT2D eigenvalue weighted by molar-refractivity contribution is 9.10. The quantitative estimate of drug-likeness (QED) is 0.876. The van der Waals surface area contributed by atoms with E-state index in [4.69, 9.17) is 5.73 Å². The number of nitrogens with zero attached hydrogens (tertiary/aromatic N) is 2. The van der Waals surface area contributed by atoms with Gasteiger partial charge < -0.3 is 5.73 Å². The first kappa shape index (κ1) is 10.9. The maximum absolute atomic E-state index is 11.8. The first-order chi connectivity index (χ1) is 7.63. The van der Waals surface area contributed by atoms with Crippen molar-refractivity contribution in [2.24, 2.45) is 0 Å². The predicted molar refractivity (Wildman–Crippen MR) is 65.7 cm³/mol. The molecule has 3 N–H and O–H groups in total. The molecule has 0 amide bonds. The van der Waals surface area contributed by atoms with Crippen LogP contribution in [0.25, 0.3) is 5.82 Å². The highest BCUT2D eigenvalue weighted by Gasteiger charge is 2.11. The van der Waals surface area contributed by atoms with Crippen LogP contribution in [0.15, 0.2) is 27.6 Å². The van der Waals surface area contributed by atoms with Crippen molar-refractivity contribution in [2.75, 3.05) is 5.73 Å². The Morgan fingerprint density at radius 1 is 1.56 bits per heavy atom. The molecule has 0 fully saturated rings. The van der Waals surface area contributed by atoms with Crippen LogP contribution >= 0.6 is 15.9 Å². The van der Waals surface area contributed by atoms with E-state index in [1.165, 1.54) is 4.68 Å². The third-order valence-electron chi connectivity index (χ3n) is 2.30. The van der Waals surface area contributed by atoms with Crippen LogP contribution in [-0.2, 0) is 6.42 Å². The molecule has 0 atom stereocenters. The van der Waals surface area contributed by atoms with E-state index in [1.54, 1.807) is 12.3 Å². The lowest BCUT2D eigenvalue weighted by molar-refractivity contribution is 0.794. The molecule has 2 rings (SSSR count). The van der Waals surface area contributed by atoms with Gasteiger partial charge in [-0.25, -0.2) is 4.98 Å². The van der Waals surface area contributed by atoms with Crippen molar-refractivity contribution in [3.63, 3.8) is 0 Å². The molecule has 0 radical (unpaired) electrons. The van der Waals surface area contributed by atoms with Crippen LogP contribution in [0.1, 0.15) is 12.6 Å². The van der Waals surface area contributed by atoms with E-state index in [2.05, 4.69) is 26.0 Å². The molecule has 0 aliphatic carbocycles. The van der Waals surface area contributed by atoms with Crippen LogP contribution in [0.5, 0.6) is 0 Å². The van der Waals surface area contributed by atoms with Crippen molar-refractivity contribution in [1.82, 2.24) is 14.8 Å². The molecule has 0 unspecified atom stereocenters. The Morgan fingerprint density at radius 2 is 2.31 bits per heavy atom. The largest absolute Gasteiger partial charge is 0.393 e. The number of aromatic amines is 1. The number of H-pyrrole nitrogens is 1. The fraction of sp³-hybridized carbons (Fsp3) is 0.200. The zero-order valence-electron chi connectivity index (χ0n) is 8.70. The van der Waals surface area contributed by atoms with Gasteiger partial charge in [-0.05, 0) is 34.5 Å². The summed E-state index contributed by atoms with van der Waals surface area (Å²) in [5.41, 5.74) is 6.41. The summed E-state index contributed by atoms with van der Waals surface area (Å²) in [7, 11) is 0. The van der Waals surface area contributed by atoms with Crippen LogP contribution < -0.4 is 11.3 Å². The lowest BCUT2D eigenvalue weighted by Gasteiger charge is -1.99. The third-order valence-corrected chi connectivity index (χ3v) is 2.77. The zero-order valence-corrected chi connectivity index (χ0v) is 10.3. The third kappa shape index (κ3) is 1.76. The molecule has 0 aliphatic rings. The van der Waals surface area contributed by atoms with E-state index < -0.39 is 0 Å². The van der Waals surface area contributed by atoms with Gasteiger partial charge in [0.15, 0.2) is 5.82 Å². The highest BCUT2D eigenvalue weighted by Crippen LogP contribution is 2.11. The summed E-state index contributed by atoms with van der Waals surface area (Å²) in [6, 6.07) is 3.55. The molecular formula is C10H11BrN4O. The fourth-order valence-electron chi connectivity index (χ4n) is 1.43. The van der Waals surface area contributed by atoms with Crippen LogP contribution in [0.4, 0.5) is 5.69 Å². The highest BCUT2D eigenvalue weighted by atomic mass is 79.9. The van der Waals surface area contributed by atoms with Gasteiger partial charge >= 0.3 is 0 Å². The van der Waals surface area contributed by atoms with Crippen molar-refractivity contribution < 1.29 is 0 Å². The summed E-state index contributed by atoms with van der Waals surface area (Å²) in [5.74, 6) is 0.527. The number of nitrogens with two attached hydrogens (primary N) is 1. The number of halogens is 1. The SMILES string of the molecule is CCc1[nH]n(-c2ccc(Br)cn2)c(=O)c1N. The molecular weight excluding hydrogens is 272 g/mol. The van der Waals surface area contributed by atoms with Crippen molar-refractivity contribution in [3.8, 4) is 5.82 Å². The summed E-state index contributed by atoms with van der Waals surface area (Å²) in [6.07, 6.45) is 2.31. The number of nitrogens with one attached hydrogen (secondary N) is 1. The number of hydrogen-bond donors (Lipinski definition) is 2. The molecule has 0 bridgehead atoms. The van der Waals surface area contributed by atoms with Gasteiger partial charge in [-0.2, -0.15) is 4.68 Å². The van der Waals surface area contributed by atoms with Crippen molar-refractivity contribution in [1.29, 1.82) is 0 Å². The first-order valence-corrected chi connectivity index (χ1v) is 5.64. The molecule has 0 saturated carbocycles. The summed E-state index contributed by atoms with van der Waals surface area (Å²) in [6.45, 7) is 1.93. The minimum Gasteiger partial charge on any atom is -0.393 e. The van der Waals surface area contributed by atoms with Crippen molar-refractivity contribution in [2.45, 2.75) is 13.3 Å². The van der Waals surface area contributed by atoms with Gasteiger partial charge in [-0.1, -0.05) is 6.92 Å². The Hall–Kier alpha value is -1.56. The molecule has 5 nitrogen and oxygen atoms in total. The van der Waals surface area contributed by atoms with E-state index in [1.807, 2.05) is 13.0 Å². The van der Waals surface area contributed by atoms with E-state index in [9.17, 15) is 4.79 Å². The molecule has 2 aromatic rings. The van der Waals surface area contributed by atoms with E-state index in [-0.39, 0.29) is 11.2 Å². The van der Waals surface area contributed by atoms with Gasteiger partial charge in [0.2, 0.25) is 0 Å². The standard InChI is InChI=1S/C10H11BrN4O/c1-2-7-9(12)10(16)15(14-7)8-4-3-6(11)5-13-8/h3-5,14H,2,12H2,1H3. The summed E-state index contributed by atoms with van der Waals surface area (Å²) < 4.78 is 2.21. The normalized spacial score (nSPS) is 10.6. The molecule has 16 heavy (non-hydrogen) atoms. The number of pyridine rings is 1. The number of aryl methyl sites for hydroxylation is 1. The molecule has 84 valence electrons. The Bertz CT molecular complexity index is 555. The van der Waals surface area contributed by atoms with Crippen molar-refractivity contribution >= 4 is 21.6 Å². The van der Waals surface area contributed by atoms with Gasteiger partial charge in [0.25, 0.3) is 5.56 Å². The topological polar surface area (TPSA) is 76.7 Å². The predicted octanol–water partition coefficient (Wildman–Crippen LogP) is 1.47. The Balaban J connectivity index is 2.56. The average molecular weight is 283 g/mol. The Morgan fingerprint density at radius 3 is 2.81 bits per heavy atom. The van der Waals surface area contributed by atoms with E-state index >= 15 is 0 Å². The lowest BCUT2D eigenvalue weighted by Crippen LogP contribution is -2.17. The molecule has 2 aromatic heterocycles. The van der Waals surface area contributed by atoms with Crippen LogP contribution in [-0.4, -0.2) is 14.8 Å². The number of hydrogen-bond acceptors (Lipinski definition) is 3. The maximum atomic E-state index is 11.8. The zero-order chi connectivity index (χ0) is 11.7. The van der Waals surface area contributed by atoms with Gasteiger partial charge in [0.1, 0.15) is 5.69 Å². The molecule has 6 heteroatoms. The molecule has 0 aliphatic heterocycles. The van der Waals surface area contributed by atoms with Crippen LogP contribution in [0, 0.1) is 0 Å². The maximum Gasteiger partial charge on any atom is 0.296 e. The number of aromatic nitrogens is 3. The summed E-state index contributed by atoms with van der Waals surface area (Å²) >= 11 is 3.29. The Kier molecular flexibility index (Phi) is 2.82. The van der Waals surface area contributed by atoms with E-state index in [0.29, 0.717) is 12.2 Å².